The van der Waals surface area contributed by atoms with Gasteiger partial charge in [0.15, 0.2) is 0 Å². The molecule has 0 spiro atoms. The molecule has 0 fully saturated rings. The Labute approximate surface area is 140 Å². The number of anilines is 1. The van der Waals surface area contributed by atoms with E-state index >= 15 is 0 Å². The van der Waals surface area contributed by atoms with Crippen LogP contribution in [0, 0.1) is 10.1 Å². The molecule has 0 aliphatic heterocycles. The number of ether oxygens (including phenoxy) is 1. The Hall–Kier alpha value is -3.26. The second-order valence-corrected chi connectivity index (χ2v) is 5.52. The number of nitrogens with zero attached hydrogens (tertiary/aromatic N) is 2. The molecule has 3 rings (SSSR count). The summed E-state index contributed by atoms with van der Waals surface area (Å²) in [6.07, 6.45) is 0. The second-order valence-electron chi connectivity index (χ2n) is 4.67. The second kappa shape index (κ2) is 6.88. The van der Waals surface area contributed by atoms with Gasteiger partial charge in [0.25, 0.3) is 5.91 Å². The van der Waals surface area contributed by atoms with Gasteiger partial charge in [-0.3, -0.25) is 10.1 Å². The molecule has 120 valence electrons. The highest BCUT2D eigenvalue weighted by Gasteiger charge is 2.17. The van der Waals surface area contributed by atoms with Gasteiger partial charge in [-0.05, 0) is 40.2 Å². The summed E-state index contributed by atoms with van der Waals surface area (Å²) in [6.45, 7) is 0. The van der Waals surface area contributed by atoms with E-state index < -0.39 is 10.8 Å². The number of nitrogens with one attached hydrogen (secondary N) is 1. The molecule has 3 aromatic rings. The quantitative estimate of drug-likeness (QED) is 0.557. The molecule has 0 aliphatic carbocycles. The van der Waals surface area contributed by atoms with E-state index in [1.54, 1.807) is 36.4 Å². The van der Waals surface area contributed by atoms with Crippen molar-refractivity contribution < 1.29 is 14.5 Å². The zero-order chi connectivity index (χ0) is 16.9. The highest BCUT2D eigenvalue weighted by atomic mass is 32.1. The Kier molecular flexibility index (Phi) is 4.48. The van der Waals surface area contributed by atoms with Crippen molar-refractivity contribution in [2.24, 2.45) is 0 Å². The SMILES string of the molecule is O=C(Nc1nc([N+](=O)[O-])cs1)c1cccc(Oc2ccccc2)c1. The Balaban J connectivity index is 1.73. The minimum atomic E-state index is -0.611. The highest BCUT2D eigenvalue weighted by molar-refractivity contribution is 7.14. The molecule has 2 aromatic carbocycles. The van der Waals surface area contributed by atoms with E-state index in [4.69, 9.17) is 4.74 Å². The molecule has 1 amide bonds. The van der Waals surface area contributed by atoms with Crippen LogP contribution in [-0.2, 0) is 0 Å². The summed E-state index contributed by atoms with van der Waals surface area (Å²) in [5, 5.41) is 14.6. The fourth-order valence-corrected chi connectivity index (χ4v) is 2.55. The zero-order valence-electron chi connectivity index (χ0n) is 12.2. The van der Waals surface area contributed by atoms with E-state index in [1.165, 1.54) is 5.38 Å². The van der Waals surface area contributed by atoms with Gasteiger partial charge in [0.2, 0.25) is 0 Å². The first kappa shape index (κ1) is 15.6. The van der Waals surface area contributed by atoms with Gasteiger partial charge in [-0.15, -0.1) is 0 Å². The summed E-state index contributed by atoms with van der Waals surface area (Å²) in [5.74, 6) is 0.457. The number of amides is 1. The smallest absolute Gasteiger partial charge is 0.376 e. The van der Waals surface area contributed by atoms with E-state index in [0.717, 1.165) is 11.3 Å². The summed E-state index contributed by atoms with van der Waals surface area (Å²) in [4.78, 5) is 25.9. The van der Waals surface area contributed by atoms with Crippen LogP contribution in [0.3, 0.4) is 0 Å². The molecule has 0 saturated carbocycles. The summed E-state index contributed by atoms with van der Waals surface area (Å²) in [5.41, 5.74) is 0.362. The summed E-state index contributed by atoms with van der Waals surface area (Å²) in [7, 11) is 0. The normalized spacial score (nSPS) is 10.2. The molecule has 0 aliphatic rings. The van der Waals surface area contributed by atoms with Crippen molar-refractivity contribution in [1.29, 1.82) is 0 Å². The lowest BCUT2D eigenvalue weighted by molar-refractivity contribution is -0.389. The van der Waals surface area contributed by atoms with Gasteiger partial charge >= 0.3 is 10.9 Å². The number of para-hydroxylation sites is 1. The maximum absolute atomic E-state index is 12.2. The molecule has 0 bridgehead atoms. The van der Waals surface area contributed by atoms with E-state index in [2.05, 4.69) is 10.3 Å². The van der Waals surface area contributed by atoms with Crippen molar-refractivity contribution in [1.82, 2.24) is 4.98 Å². The van der Waals surface area contributed by atoms with Crippen LogP contribution in [0.1, 0.15) is 10.4 Å². The van der Waals surface area contributed by atoms with E-state index in [-0.39, 0.29) is 10.9 Å². The third-order valence-electron chi connectivity index (χ3n) is 2.97. The van der Waals surface area contributed by atoms with Crippen LogP contribution in [0.25, 0.3) is 0 Å². The summed E-state index contributed by atoms with van der Waals surface area (Å²) in [6, 6.07) is 15.8. The van der Waals surface area contributed by atoms with Gasteiger partial charge in [-0.2, -0.15) is 0 Å². The van der Waals surface area contributed by atoms with Crippen LogP contribution < -0.4 is 10.1 Å². The topological polar surface area (TPSA) is 94.4 Å². The van der Waals surface area contributed by atoms with Crippen LogP contribution in [0.2, 0.25) is 0 Å². The lowest BCUT2D eigenvalue weighted by atomic mass is 10.2. The first-order chi connectivity index (χ1) is 11.6. The number of hydrogen-bond donors (Lipinski definition) is 1. The van der Waals surface area contributed by atoms with E-state index in [1.807, 2.05) is 18.2 Å². The van der Waals surface area contributed by atoms with Crippen molar-refractivity contribution in [3.05, 3.63) is 75.7 Å². The van der Waals surface area contributed by atoms with Crippen LogP contribution in [-0.4, -0.2) is 15.8 Å². The van der Waals surface area contributed by atoms with Crippen LogP contribution in [0.5, 0.6) is 11.5 Å². The molecule has 0 saturated heterocycles. The summed E-state index contributed by atoms with van der Waals surface area (Å²) < 4.78 is 5.67. The average Bonchev–Trinajstić information content (AvgIpc) is 3.05. The fraction of sp³-hybridized carbons (Fsp3) is 0. The molecule has 8 heteroatoms. The molecule has 7 nitrogen and oxygen atoms in total. The average molecular weight is 341 g/mol. The Bertz CT molecular complexity index is 880. The Morgan fingerprint density at radius 1 is 1.12 bits per heavy atom. The molecule has 0 radical (unpaired) electrons. The lowest BCUT2D eigenvalue weighted by Gasteiger charge is -2.07. The minimum absolute atomic E-state index is 0.168. The molecule has 0 unspecified atom stereocenters. The number of carbonyl (C=O) groups excluding carboxylic acids is 1. The molecular weight excluding hydrogens is 330 g/mol. The number of nitro groups is 1. The standard InChI is InChI=1S/C16H11N3O4S/c20-15(18-16-17-14(10-24-16)19(21)22)11-5-4-8-13(9-11)23-12-6-2-1-3-7-12/h1-10H,(H,17,18,20). The third kappa shape index (κ3) is 3.73. The molecule has 1 aromatic heterocycles. The largest absolute Gasteiger partial charge is 0.457 e. The molecule has 1 heterocycles. The predicted octanol–water partition coefficient (Wildman–Crippen LogP) is 4.10. The third-order valence-corrected chi connectivity index (χ3v) is 3.72. The first-order valence-electron chi connectivity index (χ1n) is 6.86. The fourth-order valence-electron chi connectivity index (χ4n) is 1.90. The first-order valence-corrected chi connectivity index (χ1v) is 7.74. The molecular formula is C16H11N3O4S. The molecule has 1 N–H and O–H groups in total. The van der Waals surface area contributed by atoms with Gasteiger partial charge in [0.1, 0.15) is 11.5 Å². The number of hydrogen-bond acceptors (Lipinski definition) is 6. The van der Waals surface area contributed by atoms with Gasteiger partial charge in [-0.25, -0.2) is 0 Å². The number of carbonyl (C=O) groups is 1. The van der Waals surface area contributed by atoms with Crippen molar-refractivity contribution in [3.63, 3.8) is 0 Å². The number of rotatable bonds is 5. The van der Waals surface area contributed by atoms with Crippen molar-refractivity contribution in [2.75, 3.05) is 5.32 Å². The minimum Gasteiger partial charge on any atom is -0.457 e. The van der Waals surface area contributed by atoms with Crippen molar-refractivity contribution in [2.45, 2.75) is 0 Å². The zero-order valence-corrected chi connectivity index (χ0v) is 13.0. The van der Waals surface area contributed by atoms with Gasteiger partial charge in [0.05, 0.1) is 5.38 Å². The van der Waals surface area contributed by atoms with Gasteiger partial charge < -0.3 is 14.9 Å². The van der Waals surface area contributed by atoms with Crippen molar-refractivity contribution >= 4 is 28.2 Å². The predicted molar refractivity (Wildman–Crippen MR) is 89.7 cm³/mol. The monoisotopic (exact) mass is 341 g/mol. The number of aromatic nitrogens is 1. The van der Waals surface area contributed by atoms with E-state index in [0.29, 0.717) is 17.1 Å². The lowest BCUT2D eigenvalue weighted by Crippen LogP contribution is -2.11. The highest BCUT2D eigenvalue weighted by Crippen LogP contribution is 2.24. The van der Waals surface area contributed by atoms with Crippen LogP contribution >= 0.6 is 11.3 Å². The Morgan fingerprint density at radius 2 is 1.88 bits per heavy atom. The summed E-state index contributed by atoms with van der Waals surface area (Å²) >= 11 is 0.992. The number of thiazole rings is 1. The molecule has 0 atom stereocenters. The maximum atomic E-state index is 12.2. The van der Waals surface area contributed by atoms with Gasteiger partial charge in [-0.1, -0.05) is 35.6 Å². The van der Waals surface area contributed by atoms with E-state index in [9.17, 15) is 14.9 Å². The number of benzene rings is 2. The van der Waals surface area contributed by atoms with Crippen molar-refractivity contribution in [3.8, 4) is 11.5 Å². The maximum Gasteiger partial charge on any atom is 0.376 e. The Morgan fingerprint density at radius 3 is 2.58 bits per heavy atom. The van der Waals surface area contributed by atoms with Gasteiger partial charge in [0, 0.05) is 5.56 Å². The van der Waals surface area contributed by atoms with Crippen LogP contribution in [0.4, 0.5) is 10.9 Å². The molecule has 24 heavy (non-hydrogen) atoms. The van der Waals surface area contributed by atoms with Crippen LogP contribution in [0.15, 0.2) is 60.0 Å².